The standard InChI is InChI=1S/C15H21NO2/c1-3-18-10-4-8-16-9-7-14-11-13(12(2)17)5-6-15(14)16/h5-6,11H,3-4,7-10H2,1-2H3. The first kappa shape index (κ1) is 13.1. The van der Waals surface area contributed by atoms with Crippen molar-refractivity contribution in [1.82, 2.24) is 0 Å². The summed E-state index contributed by atoms with van der Waals surface area (Å²) in [5, 5.41) is 0. The van der Waals surface area contributed by atoms with Crippen molar-refractivity contribution in [3.05, 3.63) is 29.3 Å². The number of hydrogen-bond acceptors (Lipinski definition) is 3. The van der Waals surface area contributed by atoms with Gasteiger partial charge in [0.2, 0.25) is 0 Å². The molecule has 98 valence electrons. The van der Waals surface area contributed by atoms with E-state index in [2.05, 4.69) is 11.0 Å². The summed E-state index contributed by atoms with van der Waals surface area (Å²) in [6, 6.07) is 6.06. The number of nitrogens with zero attached hydrogens (tertiary/aromatic N) is 1. The van der Waals surface area contributed by atoms with Crippen molar-refractivity contribution in [2.45, 2.75) is 26.7 Å². The SMILES string of the molecule is CCOCCCN1CCc2cc(C(C)=O)ccc21. The van der Waals surface area contributed by atoms with Crippen molar-refractivity contribution in [1.29, 1.82) is 0 Å². The smallest absolute Gasteiger partial charge is 0.159 e. The van der Waals surface area contributed by atoms with E-state index in [0.29, 0.717) is 0 Å². The van der Waals surface area contributed by atoms with Crippen LogP contribution in [0.25, 0.3) is 0 Å². The molecule has 1 aliphatic rings. The number of rotatable bonds is 6. The number of benzene rings is 1. The summed E-state index contributed by atoms with van der Waals surface area (Å²) in [7, 11) is 0. The van der Waals surface area contributed by atoms with Gasteiger partial charge in [0.25, 0.3) is 0 Å². The predicted molar refractivity (Wildman–Crippen MR) is 73.5 cm³/mol. The summed E-state index contributed by atoms with van der Waals surface area (Å²) in [6.07, 6.45) is 2.10. The summed E-state index contributed by atoms with van der Waals surface area (Å²) < 4.78 is 5.36. The fraction of sp³-hybridized carbons (Fsp3) is 0.533. The van der Waals surface area contributed by atoms with E-state index in [1.165, 1.54) is 11.3 Å². The van der Waals surface area contributed by atoms with Crippen LogP contribution in [0.2, 0.25) is 0 Å². The van der Waals surface area contributed by atoms with Gasteiger partial charge in [-0.3, -0.25) is 4.79 Å². The Hall–Kier alpha value is -1.35. The molecule has 0 saturated carbocycles. The first-order chi connectivity index (χ1) is 8.72. The van der Waals surface area contributed by atoms with E-state index < -0.39 is 0 Å². The first-order valence-electron chi connectivity index (χ1n) is 6.69. The Balaban J connectivity index is 1.98. The van der Waals surface area contributed by atoms with Gasteiger partial charge in [0.05, 0.1) is 0 Å². The third-order valence-electron chi connectivity index (χ3n) is 3.40. The largest absolute Gasteiger partial charge is 0.382 e. The van der Waals surface area contributed by atoms with Crippen molar-refractivity contribution in [3.8, 4) is 0 Å². The third-order valence-corrected chi connectivity index (χ3v) is 3.40. The number of carbonyl (C=O) groups is 1. The lowest BCUT2D eigenvalue weighted by Gasteiger charge is -2.19. The van der Waals surface area contributed by atoms with Crippen molar-refractivity contribution < 1.29 is 9.53 Å². The lowest BCUT2D eigenvalue weighted by atomic mass is 10.1. The molecule has 3 nitrogen and oxygen atoms in total. The summed E-state index contributed by atoms with van der Waals surface area (Å²) in [6.45, 7) is 7.35. The van der Waals surface area contributed by atoms with Crippen LogP contribution in [0.1, 0.15) is 36.2 Å². The number of hydrogen-bond donors (Lipinski definition) is 0. The molecule has 3 heteroatoms. The summed E-state index contributed by atoms with van der Waals surface area (Å²) >= 11 is 0. The van der Waals surface area contributed by atoms with E-state index in [9.17, 15) is 4.79 Å². The molecule has 1 aromatic rings. The minimum absolute atomic E-state index is 0.146. The van der Waals surface area contributed by atoms with Crippen LogP contribution in [0.3, 0.4) is 0 Å². The van der Waals surface area contributed by atoms with Crippen LogP contribution in [0.4, 0.5) is 5.69 Å². The van der Waals surface area contributed by atoms with Gasteiger partial charge in [0, 0.05) is 37.6 Å². The fourth-order valence-electron chi connectivity index (χ4n) is 2.42. The molecular formula is C15H21NO2. The molecule has 2 rings (SSSR count). The molecule has 0 aliphatic carbocycles. The zero-order valence-corrected chi connectivity index (χ0v) is 11.2. The van der Waals surface area contributed by atoms with Gasteiger partial charge in [-0.2, -0.15) is 0 Å². The Bertz CT molecular complexity index is 429. The van der Waals surface area contributed by atoms with E-state index in [1.807, 2.05) is 19.1 Å². The monoisotopic (exact) mass is 247 g/mol. The number of carbonyl (C=O) groups excluding carboxylic acids is 1. The maximum atomic E-state index is 11.3. The maximum absolute atomic E-state index is 11.3. The molecule has 0 bridgehead atoms. The molecule has 0 N–H and O–H groups in total. The Morgan fingerprint density at radius 1 is 1.44 bits per heavy atom. The highest BCUT2D eigenvalue weighted by Crippen LogP contribution is 2.28. The van der Waals surface area contributed by atoms with Crippen molar-refractivity contribution in [3.63, 3.8) is 0 Å². The normalized spacial score (nSPS) is 13.8. The average molecular weight is 247 g/mol. The zero-order valence-electron chi connectivity index (χ0n) is 11.2. The molecule has 0 unspecified atom stereocenters. The highest BCUT2D eigenvalue weighted by Gasteiger charge is 2.19. The Morgan fingerprint density at radius 2 is 2.28 bits per heavy atom. The third kappa shape index (κ3) is 2.91. The van der Waals surface area contributed by atoms with E-state index >= 15 is 0 Å². The van der Waals surface area contributed by atoms with Crippen LogP contribution >= 0.6 is 0 Å². The zero-order chi connectivity index (χ0) is 13.0. The van der Waals surface area contributed by atoms with Crippen molar-refractivity contribution in [2.75, 3.05) is 31.2 Å². The minimum atomic E-state index is 0.146. The molecule has 1 aromatic carbocycles. The van der Waals surface area contributed by atoms with Gasteiger partial charge in [0.1, 0.15) is 0 Å². The molecule has 1 heterocycles. The molecule has 18 heavy (non-hydrogen) atoms. The van der Waals surface area contributed by atoms with Crippen LogP contribution in [0, 0.1) is 0 Å². The molecule has 0 saturated heterocycles. The predicted octanol–water partition coefficient (Wildman–Crippen LogP) is 2.68. The van der Waals surface area contributed by atoms with Gasteiger partial charge < -0.3 is 9.64 Å². The van der Waals surface area contributed by atoms with Gasteiger partial charge in [-0.25, -0.2) is 0 Å². The summed E-state index contributed by atoms with van der Waals surface area (Å²) in [5.74, 6) is 0.146. The van der Waals surface area contributed by atoms with Gasteiger partial charge in [-0.15, -0.1) is 0 Å². The molecular weight excluding hydrogens is 226 g/mol. The number of Topliss-reactive ketones (excluding diaryl/α,β-unsaturated/α-hetero) is 1. The molecule has 0 atom stereocenters. The second kappa shape index (κ2) is 6.01. The highest BCUT2D eigenvalue weighted by atomic mass is 16.5. The lowest BCUT2D eigenvalue weighted by molar-refractivity contribution is 0.101. The molecule has 0 radical (unpaired) electrons. The molecule has 1 aliphatic heterocycles. The minimum Gasteiger partial charge on any atom is -0.382 e. The Labute approximate surface area is 109 Å². The molecule has 0 spiro atoms. The van der Waals surface area contributed by atoms with Gasteiger partial charge in [-0.1, -0.05) is 0 Å². The number of anilines is 1. The quantitative estimate of drug-likeness (QED) is 0.572. The second-order valence-electron chi connectivity index (χ2n) is 4.69. The van der Waals surface area contributed by atoms with Gasteiger partial charge >= 0.3 is 0 Å². The molecule has 0 fully saturated rings. The lowest BCUT2D eigenvalue weighted by Crippen LogP contribution is -2.22. The van der Waals surface area contributed by atoms with Crippen molar-refractivity contribution >= 4 is 11.5 Å². The van der Waals surface area contributed by atoms with E-state index in [0.717, 1.165) is 44.7 Å². The van der Waals surface area contributed by atoms with E-state index in [1.54, 1.807) is 6.92 Å². The van der Waals surface area contributed by atoms with Crippen LogP contribution in [0.15, 0.2) is 18.2 Å². The number of fused-ring (bicyclic) bond motifs is 1. The van der Waals surface area contributed by atoms with E-state index in [-0.39, 0.29) is 5.78 Å². The van der Waals surface area contributed by atoms with Crippen LogP contribution in [-0.4, -0.2) is 32.1 Å². The topological polar surface area (TPSA) is 29.5 Å². The summed E-state index contributed by atoms with van der Waals surface area (Å²) in [4.78, 5) is 13.7. The number of ether oxygens (including phenoxy) is 1. The maximum Gasteiger partial charge on any atom is 0.159 e. The van der Waals surface area contributed by atoms with Crippen LogP contribution < -0.4 is 4.90 Å². The van der Waals surface area contributed by atoms with Crippen molar-refractivity contribution in [2.24, 2.45) is 0 Å². The Kier molecular flexibility index (Phi) is 4.37. The average Bonchev–Trinajstić information content (AvgIpc) is 2.77. The highest BCUT2D eigenvalue weighted by molar-refractivity contribution is 5.94. The van der Waals surface area contributed by atoms with E-state index in [4.69, 9.17) is 4.74 Å². The fourth-order valence-corrected chi connectivity index (χ4v) is 2.42. The summed E-state index contributed by atoms with van der Waals surface area (Å²) in [5.41, 5.74) is 3.42. The van der Waals surface area contributed by atoms with Crippen LogP contribution in [-0.2, 0) is 11.2 Å². The van der Waals surface area contributed by atoms with Gasteiger partial charge in [0.15, 0.2) is 5.78 Å². The Morgan fingerprint density at radius 3 is 3.00 bits per heavy atom. The number of ketones is 1. The second-order valence-corrected chi connectivity index (χ2v) is 4.69. The van der Waals surface area contributed by atoms with Gasteiger partial charge in [-0.05, 0) is 50.5 Å². The van der Waals surface area contributed by atoms with Crippen LogP contribution in [0.5, 0.6) is 0 Å². The molecule has 0 aromatic heterocycles. The molecule has 0 amide bonds. The first-order valence-corrected chi connectivity index (χ1v) is 6.69.